The Labute approximate surface area is 98.0 Å². The van der Waals surface area contributed by atoms with E-state index in [9.17, 15) is 0 Å². The number of hydrogen-bond acceptors (Lipinski definition) is 2. The number of methoxy groups -OCH3 is 1. The van der Waals surface area contributed by atoms with Crippen LogP contribution in [0.2, 0.25) is 0 Å². The Morgan fingerprint density at radius 2 is 1.94 bits per heavy atom. The lowest BCUT2D eigenvalue weighted by Crippen LogP contribution is -2.42. The van der Waals surface area contributed by atoms with Crippen LogP contribution in [0.5, 0.6) is 5.75 Å². The third-order valence-electron chi connectivity index (χ3n) is 3.81. The van der Waals surface area contributed by atoms with Gasteiger partial charge in [0.2, 0.25) is 0 Å². The van der Waals surface area contributed by atoms with Crippen LogP contribution in [0.25, 0.3) is 0 Å². The van der Waals surface area contributed by atoms with Gasteiger partial charge >= 0.3 is 0 Å². The van der Waals surface area contributed by atoms with Crippen LogP contribution in [0.3, 0.4) is 0 Å². The van der Waals surface area contributed by atoms with E-state index in [1.807, 2.05) is 12.1 Å². The standard InChI is InChI=1S/C14H21NO/c1-15-14(9-5-6-10-14)11-12-7-3-4-8-13(12)16-2/h3-4,7-8,15H,5-6,9-11H2,1-2H3. The van der Waals surface area contributed by atoms with Crippen molar-refractivity contribution in [3.05, 3.63) is 29.8 Å². The van der Waals surface area contributed by atoms with Crippen molar-refractivity contribution in [2.45, 2.75) is 37.6 Å². The van der Waals surface area contributed by atoms with E-state index in [1.165, 1.54) is 31.2 Å². The quantitative estimate of drug-likeness (QED) is 0.840. The maximum atomic E-state index is 5.42. The Bertz CT molecular complexity index is 342. The Hall–Kier alpha value is -1.02. The molecule has 0 unspecified atom stereocenters. The number of likely N-dealkylation sites (N-methyl/N-ethyl adjacent to an activating group) is 1. The summed E-state index contributed by atoms with van der Waals surface area (Å²) < 4.78 is 5.42. The molecule has 0 bridgehead atoms. The predicted octanol–water partition coefficient (Wildman–Crippen LogP) is 2.77. The van der Waals surface area contributed by atoms with Crippen LogP contribution >= 0.6 is 0 Å². The van der Waals surface area contributed by atoms with Crippen LogP contribution in [-0.2, 0) is 6.42 Å². The topological polar surface area (TPSA) is 21.3 Å². The lowest BCUT2D eigenvalue weighted by molar-refractivity contribution is 0.345. The fraction of sp³-hybridized carbons (Fsp3) is 0.571. The second kappa shape index (κ2) is 4.88. The molecule has 0 radical (unpaired) electrons. The van der Waals surface area contributed by atoms with Gasteiger partial charge in [0.05, 0.1) is 7.11 Å². The number of ether oxygens (including phenoxy) is 1. The molecular formula is C14H21NO. The predicted molar refractivity (Wildman–Crippen MR) is 67.0 cm³/mol. The summed E-state index contributed by atoms with van der Waals surface area (Å²) in [6, 6.07) is 8.35. The maximum Gasteiger partial charge on any atom is 0.122 e. The minimum absolute atomic E-state index is 0.300. The van der Waals surface area contributed by atoms with E-state index in [-0.39, 0.29) is 0 Å². The molecule has 1 aromatic carbocycles. The first-order valence-electron chi connectivity index (χ1n) is 6.10. The molecule has 16 heavy (non-hydrogen) atoms. The van der Waals surface area contributed by atoms with Crippen LogP contribution < -0.4 is 10.1 Å². The van der Waals surface area contributed by atoms with E-state index in [0.717, 1.165) is 12.2 Å². The summed E-state index contributed by atoms with van der Waals surface area (Å²) in [5, 5.41) is 3.52. The average molecular weight is 219 g/mol. The second-order valence-electron chi connectivity index (χ2n) is 4.73. The van der Waals surface area contributed by atoms with Crippen molar-refractivity contribution in [2.24, 2.45) is 0 Å². The Morgan fingerprint density at radius 1 is 1.25 bits per heavy atom. The molecule has 2 nitrogen and oxygen atoms in total. The third-order valence-corrected chi connectivity index (χ3v) is 3.81. The first-order chi connectivity index (χ1) is 7.79. The molecule has 2 heteroatoms. The van der Waals surface area contributed by atoms with Crippen molar-refractivity contribution in [2.75, 3.05) is 14.2 Å². The first-order valence-corrected chi connectivity index (χ1v) is 6.10. The molecule has 1 aliphatic carbocycles. The van der Waals surface area contributed by atoms with Gasteiger partial charge < -0.3 is 10.1 Å². The highest BCUT2D eigenvalue weighted by Crippen LogP contribution is 2.34. The smallest absolute Gasteiger partial charge is 0.122 e. The van der Waals surface area contributed by atoms with Crippen molar-refractivity contribution in [3.8, 4) is 5.75 Å². The summed E-state index contributed by atoms with van der Waals surface area (Å²) >= 11 is 0. The Balaban J connectivity index is 2.18. The number of benzene rings is 1. The molecule has 1 aliphatic rings. The third kappa shape index (κ3) is 2.22. The average Bonchev–Trinajstić information content (AvgIpc) is 2.79. The minimum atomic E-state index is 0.300. The van der Waals surface area contributed by atoms with Crippen molar-refractivity contribution >= 4 is 0 Å². The van der Waals surface area contributed by atoms with Gasteiger partial charge in [-0.15, -0.1) is 0 Å². The van der Waals surface area contributed by atoms with Crippen molar-refractivity contribution in [1.29, 1.82) is 0 Å². The van der Waals surface area contributed by atoms with Gasteiger partial charge in [-0.05, 0) is 37.9 Å². The van der Waals surface area contributed by atoms with Gasteiger partial charge in [-0.1, -0.05) is 31.0 Å². The lowest BCUT2D eigenvalue weighted by Gasteiger charge is -2.29. The normalized spacial score (nSPS) is 18.6. The summed E-state index contributed by atoms with van der Waals surface area (Å²) in [5.41, 5.74) is 1.62. The Morgan fingerprint density at radius 3 is 2.56 bits per heavy atom. The number of hydrogen-bond donors (Lipinski definition) is 1. The van der Waals surface area contributed by atoms with Gasteiger partial charge in [-0.2, -0.15) is 0 Å². The Kier molecular flexibility index (Phi) is 3.49. The second-order valence-corrected chi connectivity index (χ2v) is 4.73. The largest absolute Gasteiger partial charge is 0.496 e. The SMILES string of the molecule is CNC1(Cc2ccccc2OC)CCCC1. The van der Waals surface area contributed by atoms with Gasteiger partial charge in [0, 0.05) is 5.54 Å². The zero-order valence-electron chi connectivity index (χ0n) is 10.3. The highest BCUT2D eigenvalue weighted by Gasteiger charge is 2.32. The molecule has 0 atom stereocenters. The molecule has 1 aromatic rings. The molecule has 1 fully saturated rings. The summed E-state index contributed by atoms with van der Waals surface area (Å²) in [7, 11) is 3.83. The molecule has 88 valence electrons. The molecule has 1 N–H and O–H groups in total. The fourth-order valence-electron chi connectivity index (χ4n) is 2.78. The summed E-state index contributed by atoms with van der Waals surface area (Å²) in [6.45, 7) is 0. The number of rotatable bonds is 4. The van der Waals surface area contributed by atoms with Gasteiger partial charge in [0.15, 0.2) is 0 Å². The van der Waals surface area contributed by atoms with Crippen LogP contribution in [0.4, 0.5) is 0 Å². The summed E-state index contributed by atoms with van der Waals surface area (Å²) in [6.07, 6.45) is 6.32. The molecule has 0 spiro atoms. The lowest BCUT2D eigenvalue weighted by atomic mass is 9.89. The van der Waals surface area contributed by atoms with E-state index in [4.69, 9.17) is 4.74 Å². The van der Waals surface area contributed by atoms with Gasteiger partial charge in [-0.3, -0.25) is 0 Å². The van der Waals surface area contributed by atoms with E-state index in [1.54, 1.807) is 7.11 Å². The minimum Gasteiger partial charge on any atom is -0.496 e. The van der Waals surface area contributed by atoms with E-state index < -0.39 is 0 Å². The van der Waals surface area contributed by atoms with E-state index in [0.29, 0.717) is 5.54 Å². The van der Waals surface area contributed by atoms with Crippen molar-refractivity contribution < 1.29 is 4.74 Å². The van der Waals surface area contributed by atoms with E-state index in [2.05, 4.69) is 24.5 Å². The van der Waals surface area contributed by atoms with Crippen LogP contribution in [-0.4, -0.2) is 19.7 Å². The van der Waals surface area contributed by atoms with Gasteiger partial charge in [0.1, 0.15) is 5.75 Å². The highest BCUT2D eigenvalue weighted by molar-refractivity contribution is 5.34. The molecule has 2 rings (SSSR count). The summed E-state index contributed by atoms with van der Waals surface area (Å²) in [4.78, 5) is 0. The molecule has 0 saturated heterocycles. The zero-order valence-corrected chi connectivity index (χ0v) is 10.3. The fourth-order valence-corrected chi connectivity index (χ4v) is 2.78. The molecule has 0 amide bonds. The van der Waals surface area contributed by atoms with Crippen molar-refractivity contribution in [3.63, 3.8) is 0 Å². The molecule has 0 heterocycles. The summed E-state index contributed by atoms with van der Waals surface area (Å²) in [5.74, 6) is 1.02. The number of para-hydroxylation sites is 1. The van der Waals surface area contributed by atoms with Crippen LogP contribution in [0.15, 0.2) is 24.3 Å². The highest BCUT2D eigenvalue weighted by atomic mass is 16.5. The molecule has 1 saturated carbocycles. The van der Waals surface area contributed by atoms with Crippen LogP contribution in [0.1, 0.15) is 31.2 Å². The van der Waals surface area contributed by atoms with Crippen molar-refractivity contribution in [1.82, 2.24) is 5.32 Å². The van der Waals surface area contributed by atoms with Gasteiger partial charge in [-0.25, -0.2) is 0 Å². The monoisotopic (exact) mass is 219 g/mol. The maximum absolute atomic E-state index is 5.42. The van der Waals surface area contributed by atoms with Gasteiger partial charge in [0.25, 0.3) is 0 Å². The van der Waals surface area contributed by atoms with Crippen LogP contribution in [0, 0.1) is 0 Å². The molecule has 0 aliphatic heterocycles. The molecular weight excluding hydrogens is 198 g/mol. The first kappa shape index (κ1) is 11.5. The molecule has 0 aromatic heterocycles. The number of nitrogens with one attached hydrogen (secondary N) is 1. The zero-order chi connectivity index (χ0) is 11.4. The van der Waals surface area contributed by atoms with E-state index >= 15 is 0 Å².